The largest absolute Gasteiger partial charge is 0.469 e. The average Bonchev–Trinajstić information content (AvgIpc) is 2.77. The van der Waals surface area contributed by atoms with Crippen LogP contribution >= 0.6 is 0 Å². The molecule has 0 bridgehead atoms. The van der Waals surface area contributed by atoms with Crippen LogP contribution in [0.3, 0.4) is 0 Å². The quantitative estimate of drug-likeness (QED) is 0.580. The first-order valence-corrected chi connectivity index (χ1v) is 9.45. The maximum Gasteiger partial charge on any atom is 0.412 e. The maximum atomic E-state index is 14.7. The van der Waals surface area contributed by atoms with Crippen molar-refractivity contribution in [2.75, 3.05) is 7.11 Å². The number of hydrogen-bond donors (Lipinski definition) is 1. The monoisotopic (exact) mass is 407 g/mol. The zero-order valence-corrected chi connectivity index (χ0v) is 16.7. The number of rotatable bonds is 6. The van der Waals surface area contributed by atoms with Gasteiger partial charge in [-0.3, -0.25) is 4.79 Å². The highest BCUT2D eigenvalue weighted by Gasteiger charge is 2.18. The zero-order valence-electron chi connectivity index (χ0n) is 16.7. The van der Waals surface area contributed by atoms with Crippen LogP contribution in [0.25, 0.3) is 11.1 Å². The highest BCUT2D eigenvalue weighted by molar-refractivity contribution is 5.78. The number of methoxy groups -OCH3 is 1. The third-order valence-corrected chi connectivity index (χ3v) is 4.68. The summed E-state index contributed by atoms with van der Waals surface area (Å²) in [5, 5.41) is 2.68. The molecule has 0 aliphatic rings. The lowest BCUT2D eigenvalue weighted by atomic mass is 9.97. The smallest absolute Gasteiger partial charge is 0.412 e. The first kappa shape index (κ1) is 21.0. The Kier molecular flexibility index (Phi) is 6.80. The second kappa shape index (κ2) is 9.69. The summed E-state index contributed by atoms with van der Waals surface area (Å²) in [4.78, 5) is 23.7. The van der Waals surface area contributed by atoms with Gasteiger partial charge in [-0.1, -0.05) is 54.6 Å². The van der Waals surface area contributed by atoms with Gasteiger partial charge in [0.05, 0.1) is 13.0 Å². The molecule has 1 N–H and O–H groups in total. The van der Waals surface area contributed by atoms with Gasteiger partial charge in [-0.05, 0) is 41.8 Å². The molecule has 0 saturated carbocycles. The van der Waals surface area contributed by atoms with Gasteiger partial charge in [0.25, 0.3) is 0 Å². The molecule has 3 rings (SSSR count). The molecule has 30 heavy (non-hydrogen) atoms. The number of esters is 1. The Morgan fingerprint density at radius 1 is 1.00 bits per heavy atom. The lowest BCUT2D eigenvalue weighted by Crippen LogP contribution is -2.26. The molecule has 154 valence electrons. The number of benzene rings is 3. The number of amides is 1. The van der Waals surface area contributed by atoms with Crippen molar-refractivity contribution < 1.29 is 23.5 Å². The molecular weight excluding hydrogens is 385 g/mol. The van der Waals surface area contributed by atoms with Crippen molar-refractivity contribution in [3.8, 4) is 16.9 Å². The molecule has 0 spiro atoms. The van der Waals surface area contributed by atoms with E-state index in [9.17, 15) is 14.0 Å². The van der Waals surface area contributed by atoms with Crippen LogP contribution in [-0.2, 0) is 16.1 Å². The summed E-state index contributed by atoms with van der Waals surface area (Å²) in [5.74, 6) is -1.18. The molecule has 1 amide bonds. The number of nitrogens with one attached hydrogen (secondary N) is 1. The minimum absolute atomic E-state index is 0.296. The third-order valence-electron chi connectivity index (χ3n) is 4.68. The summed E-state index contributed by atoms with van der Waals surface area (Å²) in [7, 11) is 1.30. The topological polar surface area (TPSA) is 64.6 Å². The molecule has 0 heterocycles. The maximum absolute atomic E-state index is 14.7. The van der Waals surface area contributed by atoms with Gasteiger partial charge in [0, 0.05) is 12.1 Å². The van der Waals surface area contributed by atoms with E-state index in [1.165, 1.54) is 13.2 Å². The van der Waals surface area contributed by atoms with Gasteiger partial charge in [0.1, 0.15) is 11.6 Å². The van der Waals surface area contributed by atoms with Crippen molar-refractivity contribution in [2.24, 2.45) is 0 Å². The van der Waals surface area contributed by atoms with Crippen LogP contribution in [-0.4, -0.2) is 19.2 Å². The normalized spacial score (nSPS) is 11.4. The summed E-state index contributed by atoms with van der Waals surface area (Å²) in [6.45, 7) is 2.00. The van der Waals surface area contributed by atoms with E-state index in [1.54, 1.807) is 43.3 Å². The van der Waals surface area contributed by atoms with E-state index < -0.39 is 23.8 Å². The Hall–Kier alpha value is -3.67. The molecule has 0 aromatic heterocycles. The molecule has 0 aliphatic heterocycles. The van der Waals surface area contributed by atoms with Gasteiger partial charge in [-0.15, -0.1) is 0 Å². The van der Waals surface area contributed by atoms with Gasteiger partial charge < -0.3 is 14.8 Å². The van der Waals surface area contributed by atoms with Crippen molar-refractivity contribution in [3.63, 3.8) is 0 Å². The van der Waals surface area contributed by atoms with Crippen LogP contribution < -0.4 is 10.1 Å². The van der Waals surface area contributed by atoms with Gasteiger partial charge in [0.15, 0.2) is 0 Å². The molecule has 3 aromatic carbocycles. The Morgan fingerprint density at radius 2 is 1.77 bits per heavy atom. The van der Waals surface area contributed by atoms with Crippen LogP contribution in [0, 0.1) is 5.82 Å². The second-order valence-electron chi connectivity index (χ2n) is 6.74. The molecule has 0 fully saturated rings. The third kappa shape index (κ3) is 5.23. The molecule has 0 aliphatic carbocycles. The van der Waals surface area contributed by atoms with Crippen molar-refractivity contribution in [1.82, 2.24) is 5.32 Å². The fourth-order valence-electron chi connectivity index (χ4n) is 2.99. The van der Waals surface area contributed by atoms with E-state index >= 15 is 0 Å². The number of carbonyl (C=O) groups excluding carboxylic acids is 2. The minimum Gasteiger partial charge on any atom is -0.469 e. The molecule has 5 nitrogen and oxygen atoms in total. The van der Waals surface area contributed by atoms with Gasteiger partial charge in [0.2, 0.25) is 0 Å². The number of halogens is 1. The summed E-state index contributed by atoms with van der Waals surface area (Å²) >= 11 is 0. The van der Waals surface area contributed by atoms with Crippen molar-refractivity contribution >= 4 is 12.1 Å². The van der Waals surface area contributed by atoms with Crippen LogP contribution in [0.5, 0.6) is 5.75 Å². The second-order valence-corrected chi connectivity index (χ2v) is 6.74. The molecule has 0 radical (unpaired) electrons. The van der Waals surface area contributed by atoms with E-state index in [2.05, 4.69) is 5.32 Å². The molecular formula is C24H22FNO4. The van der Waals surface area contributed by atoms with Crippen LogP contribution in [0.1, 0.15) is 24.0 Å². The van der Waals surface area contributed by atoms with Gasteiger partial charge >= 0.3 is 12.1 Å². The Morgan fingerprint density at radius 3 is 2.47 bits per heavy atom. The van der Waals surface area contributed by atoms with E-state index in [1.807, 2.05) is 30.3 Å². The van der Waals surface area contributed by atoms with E-state index in [-0.39, 0.29) is 0 Å². The molecule has 0 saturated heterocycles. The SMILES string of the molecule is COC(=O)C(C)c1ccc(-c2cccc(OC(=O)NCc3ccccc3)c2)c(F)c1. The standard InChI is InChI=1S/C24H22FNO4/c1-16(23(27)29-2)18-11-12-21(22(25)14-18)19-9-6-10-20(13-19)30-24(28)26-15-17-7-4-3-5-8-17/h3-14,16H,15H2,1-2H3,(H,26,28). The first-order chi connectivity index (χ1) is 14.5. The van der Waals surface area contributed by atoms with E-state index in [4.69, 9.17) is 9.47 Å². The molecule has 6 heteroatoms. The number of hydrogen-bond acceptors (Lipinski definition) is 4. The first-order valence-electron chi connectivity index (χ1n) is 9.45. The van der Waals surface area contributed by atoms with Crippen LogP contribution in [0.2, 0.25) is 0 Å². The highest BCUT2D eigenvalue weighted by Crippen LogP contribution is 2.29. The average molecular weight is 407 g/mol. The fourth-order valence-corrected chi connectivity index (χ4v) is 2.99. The van der Waals surface area contributed by atoms with Gasteiger partial charge in [-0.2, -0.15) is 0 Å². The number of carbonyl (C=O) groups is 2. The highest BCUT2D eigenvalue weighted by atomic mass is 19.1. The Bertz CT molecular complexity index is 1040. The molecule has 1 atom stereocenters. The summed E-state index contributed by atoms with van der Waals surface area (Å²) in [5.41, 5.74) is 2.37. The molecule has 1 unspecified atom stereocenters. The molecule has 3 aromatic rings. The Balaban J connectivity index is 1.70. The van der Waals surface area contributed by atoms with E-state index in [0.29, 0.717) is 29.0 Å². The van der Waals surface area contributed by atoms with Crippen molar-refractivity contribution in [3.05, 3.63) is 89.7 Å². The lowest BCUT2D eigenvalue weighted by molar-refractivity contribution is -0.141. The summed E-state index contributed by atoms with van der Waals surface area (Å²) in [6, 6.07) is 20.7. The van der Waals surface area contributed by atoms with Crippen LogP contribution in [0.4, 0.5) is 9.18 Å². The summed E-state index contributed by atoms with van der Waals surface area (Å²) < 4.78 is 24.7. The summed E-state index contributed by atoms with van der Waals surface area (Å²) in [6.07, 6.45) is -0.598. The van der Waals surface area contributed by atoms with Crippen molar-refractivity contribution in [1.29, 1.82) is 0 Å². The zero-order chi connectivity index (χ0) is 21.5. The lowest BCUT2D eigenvalue weighted by Gasteiger charge is -2.12. The Labute approximate surface area is 174 Å². The predicted octanol–water partition coefficient (Wildman–Crippen LogP) is 5.06. The fraction of sp³-hybridized carbons (Fsp3) is 0.167. The minimum atomic E-state index is -0.598. The van der Waals surface area contributed by atoms with Crippen LogP contribution in [0.15, 0.2) is 72.8 Å². The predicted molar refractivity (Wildman–Crippen MR) is 112 cm³/mol. The van der Waals surface area contributed by atoms with E-state index in [0.717, 1.165) is 5.56 Å². The number of ether oxygens (including phenoxy) is 2. The van der Waals surface area contributed by atoms with Crippen molar-refractivity contribution in [2.45, 2.75) is 19.4 Å². The van der Waals surface area contributed by atoms with Gasteiger partial charge in [-0.25, -0.2) is 9.18 Å².